The van der Waals surface area contributed by atoms with Crippen molar-refractivity contribution in [2.75, 3.05) is 19.8 Å². The minimum Gasteiger partial charge on any atom is -0.481 e. The van der Waals surface area contributed by atoms with Gasteiger partial charge in [-0.1, -0.05) is 13.3 Å². The first-order chi connectivity index (χ1) is 9.34. The fraction of sp³-hybridized carbons (Fsp3) is 0.846. The third-order valence-electron chi connectivity index (χ3n) is 3.99. The SMILES string of the molecule is CC(C(CCCCC(=O)O)C(=O)O)C(CO)(CO)CO. The molecule has 0 saturated carbocycles. The average Bonchev–Trinajstić information content (AvgIpc) is 2.40. The van der Waals surface area contributed by atoms with E-state index in [1.54, 1.807) is 6.92 Å². The van der Waals surface area contributed by atoms with Gasteiger partial charge in [-0.2, -0.15) is 0 Å². The Balaban J connectivity index is 4.72. The van der Waals surface area contributed by atoms with Crippen molar-refractivity contribution in [3.05, 3.63) is 0 Å². The fourth-order valence-corrected chi connectivity index (χ4v) is 2.24. The summed E-state index contributed by atoms with van der Waals surface area (Å²) in [7, 11) is 0. The van der Waals surface area contributed by atoms with E-state index < -0.39 is 49.0 Å². The number of aliphatic carboxylic acids is 2. The molecule has 20 heavy (non-hydrogen) atoms. The number of carboxylic acid groups (broad SMARTS) is 2. The van der Waals surface area contributed by atoms with E-state index in [1.807, 2.05) is 0 Å². The Bertz CT molecular complexity index is 304. The third kappa shape index (κ3) is 5.07. The molecule has 0 aromatic heterocycles. The number of aliphatic hydroxyl groups is 3. The second-order valence-corrected chi connectivity index (χ2v) is 5.21. The summed E-state index contributed by atoms with van der Waals surface area (Å²) in [4.78, 5) is 21.7. The number of aliphatic hydroxyl groups excluding tert-OH is 3. The molecule has 7 heteroatoms. The summed E-state index contributed by atoms with van der Waals surface area (Å²) in [5.41, 5.74) is -1.25. The predicted molar refractivity (Wildman–Crippen MR) is 70.1 cm³/mol. The van der Waals surface area contributed by atoms with Crippen molar-refractivity contribution in [2.24, 2.45) is 17.3 Å². The molecule has 2 atom stereocenters. The van der Waals surface area contributed by atoms with Crippen LogP contribution >= 0.6 is 0 Å². The number of hydrogen-bond donors (Lipinski definition) is 5. The number of rotatable bonds is 11. The van der Waals surface area contributed by atoms with Crippen LogP contribution in [0.15, 0.2) is 0 Å². The summed E-state index contributed by atoms with van der Waals surface area (Å²) < 4.78 is 0. The van der Waals surface area contributed by atoms with E-state index in [0.717, 1.165) is 0 Å². The van der Waals surface area contributed by atoms with E-state index in [-0.39, 0.29) is 12.8 Å². The normalized spacial score (nSPS) is 14.8. The molecule has 0 saturated heterocycles. The molecular weight excluding hydrogens is 268 g/mol. The molecule has 0 fully saturated rings. The molecule has 0 aliphatic rings. The van der Waals surface area contributed by atoms with Gasteiger partial charge in [0.15, 0.2) is 0 Å². The summed E-state index contributed by atoms with van der Waals surface area (Å²) >= 11 is 0. The Morgan fingerprint density at radius 3 is 1.85 bits per heavy atom. The van der Waals surface area contributed by atoms with Crippen molar-refractivity contribution in [3.63, 3.8) is 0 Å². The monoisotopic (exact) mass is 292 g/mol. The van der Waals surface area contributed by atoms with Crippen LogP contribution in [0.3, 0.4) is 0 Å². The Morgan fingerprint density at radius 2 is 1.50 bits per heavy atom. The van der Waals surface area contributed by atoms with Gasteiger partial charge in [0.1, 0.15) is 0 Å². The predicted octanol–water partition coefficient (Wildman–Crippen LogP) is -0.0684. The quantitative estimate of drug-likeness (QED) is 0.336. The van der Waals surface area contributed by atoms with Crippen molar-refractivity contribution >= 4 is 11.9 Å². The molecule has 2 unspecified atom stereocenters. The van der Waals surface area contributed by atoms with Crippen LogP contribution < -0.4 is 0 Å². The van der Waals surface area contributed by atoms with Crippen molar-refractivity contribution in [3.8, 4) is 0 Å². The summed E-state index contributed by atoms with van der Waals surface area (Å²) in [6.07, 6.45) is 1.01. The first-order valence-corrected chi connectivity index (χ1v) is 6.61. The maximum Gasteiger partial charge on any atom is 0.306 e. The number of carbonyl (C=O) groups is 2. The van der Waals surface area contributed by atoms with Crippen molar-refractivity contribution in [2.45, 2.75) is 32.6 Å². The van der Waals surface area contributed by atoms with Crippen LogP contribution in [0.1, 0.15) is 32.6 Å². The molecule has 0 rings (SSSR count). The van der Waals surface area contributed by atoms with E-state index in [9.17, 15) is 30.0 Å². The van der Waals surface area contributed by atoms with Crippen molar-refractivity contribution < 1.29 is 35.1 Å². The van der Waals surface area contributed by atoms with Crippen LogP contribution in [0, 0.1) is 17.3 Å². The molecule has 0 aliphatic carbocycles. The Morgan fingerprint density at radius 1 is 1.00 bits per heavy atom. The van der Waals surface area contributed by atoms with Gasteiger partial charge in [-0.15, -0.1) is 0 Å². The summed E-state index contributed by atoms with van der Waals surface area (Å²) in [5.74, 6) is -3.49. The maximum absolute atomic E-state index is 11.3. The second-order valence-electron chi connectivity index (χ2n) is 5.21. The van der Waals surface area contributed by atoms with Gasteiger partial charge in [-0.25, -0.2) is 0 Å². The van der Waals surface area contributed by atoms with E-state index in [1.165, 1.54) is 0 Å². The molecule has 0 heterocycles. The van der Waals surface area contributed by atoms with Crippen molar-refractivity contribution in [1.29, 1.82) is 0 Å². The second kappa shape index (κ2) is 8.89. The highest BCUT2D eigenvalue weighted by molar-refractivity contribution is 5.70. The largest absolute Gasteiger partial charge is 0.481 e. The number of hydrogen-bond acceptors (Lipinski definition) is 5. The van der Waals surface area contributed by atoms with Crippen LogP contribution in [-0.4, -0.2) is 57.3 Å². The lowest BCUT2D eigenvalue weighted by Crippen LogP contribution is -2.45. The standard InChI is InChI=1S/C13H24O7/c1-9(13(6-14,7-15)8-16)10(12(19)20)4-2-3-5-11(17)18/h9-10,14-16H,2-8H2,1H3,(H,17,18)(H,19,20). The smallest absolute Gasteiger partial charge is 0.306 e. The lowest BCUT2D eigenvalue weighted by molar-refractivity contribution is -0.148. The third-order valence-corrected chi connectivity index (χ3v) is 3.99. The summed E-state index contributed by atoms with van der Waals surface area (Å²) in [6.45, 7) is 0.0266. The Kier molecular flexibility index (Phi) is 8.36. The maximum atomic E-state index is 11.3. The number of carboxylic acids is 2. The van der Waals surface area contributed by atoms with Gasteiger partial charge < -0.3 is 25.5 Å². The Labute approximate surface area is 117 Å². The first kappa shape index (κ1) is 18.8. The van der Waals surface area contributed by atoms with Crippen LogP contribution in [-0.2, 0) is 9.59 Å². The van der Waals surface area contributed by atoms with Crippen LogP contribution in [0.2, 0.25) is 0 Å². The van der Waals surface area contributed by atoms with Gasteiger partial charge in [0.2, 0.25) is 0 Å². The summed E-state index contributed by atoms with van der Waals surface area (Å²) in [6, 6.07) is 0. The highest BCUT2D eigenvalue weighted by atomic mass is 16.4. The topological polar surface area (TPSA) is 135 Å². The molecule has 5 N–H and O–H groups in total. The highest BCUT2D eigenvalue weighted by Gasteiger charge is 2.41. The van der Waals surface area contributed by atoms with Gasteiger partial charge in [-0.05, 0) is 18.8 Å². The lowest BCUT2D eigenvalue weighted by Gasteiger charge is -2.37. The lowest BCUT2D eigenvalue weighted by atomic mass is 9.70. The molecule has 0 aromatic rings. The first-order valence-electron chi connectivity index (χ1n) is 6.61. The molecule has 0 aliphatic heterocycles. The van der Waals surface area contributed by atoms with Gasteiger partial charge in [-0.3, -0.25) is 9.59 Å². The van der Waals surface area contributed by atoms with E-state index >= 15 is 0 Å². The molecule has 0 radical (unpaired) electrons. The molecule has 0 spiro atoms. The molecule has 0 bridgehead atoms. The van der Waals surface area contributed by atoms with Gasteiger partial charge in [0.25, 0.3) is 0 Å². The molecular formula is C13H24O7. The van der Waals surface area contributed by atoms with Gasteiger partial charge in [0.05, 0.1) is 25.7 Å². The molecule has 7 nitrogen and oxygen atoms in total. The minimum atomic E-state index is -1.25. The van der Waals surface area contributed by atoms with Gasteiger partial charge >= 0.3 is 11.9 Å². The zero-order valence-corrected chi connectivity index (χ0v) is 11.7. The molecule has 0 aromatic carbocycles. The van der Waals surface area contributed by atoms with Crippen LogP contribution in [0.5, 0.6) is 0 Å². The van der Waals surface area contributed by atoms with Crippen LogP contribution in [0.25, 0.3) is 0 Å². The Hall–Kier alpha value is -1.18. The van der Waals surface area contributed by atoms with Crippen molar-refractivity contribution in [1.82, 2.24) is 0 Å². The fourth-order valence-electron chi connectivity index (χ4n) is 2.24. The van der Waals surface area contributed by atoms with Crippen LogP contribution in [0.4, 0.5) is 0 Å². The minimum absolute atomic E-state index is 0.0220. The molecule has 118 valence electrons. The summed E-state index contributed by atoms with van der Waals surface area (Å²) in [5, 5.41) is 45.8. The number of unbranched alkanes of at least 4 members (excludes halogenated alkanes) is 1. The molecule has 0 amide bonds. The van der Waals surface area contributed by atoms with E-state index in [4.69, 9.17) is 5.11 Å². The highest BCUT2D eigenvalue weighted by Crippen LogP contribution is 2.35. The zero-order valence-electron chi connectivity index (χ0n) is 11.7. The average molecular weight is 292 g/mol. The van der Waals surface area contributed by atoms with E-state index in [0.29, 0.717) is 12.8 Å². The van der Waals surface area contributed by atoms with E-state index in [2.05, 4.69) is 0 Å². The van der Waals surface area contributed by atoms with Gasteiger partial charge in [0, 0.05) is 11.8 Å². The zero-order chi connectivity index (χ0) is 15.8.